The fourth-order valence-corrected chi connectivity index (χ4v) is 4.93. The van der Waals surface area contributed by atoms with Gasteiger partial charge in [0.15, 0.2) is 0 Å². The quantitative estimate of drug-likeness (QED) is 0.313. The Kier molecular flexibility index (Phi) is 8.78. The number of carboxylic acid groups (broad SMARTS) is 1. The van der Waals surface area contributed by atoms with Crippen LogP contribution in [0.3, 0.4) is 0 Å². The number of ether oxygens (including phenoxy) is 1. The van der Waals surface area contributed by atoms with Crippen molar-refractivity contribution >= 4 is 29.7 Å². The summed E-state index contributed by atoms with van der Waals surface area (Å²) in [4.78, 5) is 25.8. The topological polar surface area (TPSA) is 87.1 Å². The molecule has 0 aromatic heterocycles. The number of carbonyl (C=O) groups is 2. The van der Waals surface area contributed by atoms with Crippen LogP contribution in [0.2, 0.25) is 5.02 Å². The lowest BCUT2D eigenvalue weighted by Gasteiger charge is -2.37. The van der Waals surface area contributed by atoms with Crippen LogP contribution in [0.5, 0.6) is 0 Å². The van der Waals surface area contributed by atoms with Gasteiger partial charge in [-0.3, -0.25) is 0 Å². The summed E-state index contributed by atoms with van der Waals surface area (Å²) in [5.41, 5.74) is 5.32. The molecule has 2 N–H and O–H groups in total. The number of halogens is 1. The van der Waals surface area contributed by atoms with Gasteiger partial charge >= 0.3 is 12.1 Å². The second kappa shape index (κ2) is 12.1. The van der Waals surface area contributed by atoms with Crippen LogP contribution < -0.4 is 0 Å². The molecular formula is C32H34ClNO5. The molecule has 0 unspecified atom stereocenters. The first-order chi connectivity index (χ1) is 18.5. The van der Waals surface area contributed by atoms with Crippen LogP contribution in [0, 0.1) is 0 Å². The first kappa shape index (κ1) is 28.4. The standard InChI is InChI=1S/C32H34ClNO5/c1-32(2,3)39-31(38)34(20-29(35)24-11-14-27(33)15-12-24)28-16-13-23-9-10-25(18-26(23)19-28)22-7-4-21(5-8-22)6-17-30(36)37/h4-12,14-15,17-18,28-29,35H,13,16,19-20H2,1-3H3,(H,36,37)/b17-6+/t28-,29-/m0/s1. The van der Waals surface area contributed by atoms with E-state index < -0.39 is 23.8 Å². The van der Waals surface area contributed by atoms with Crippen molar-refractivity contribution < 1.29 is 24.5 Å². The summed E-state index contributed by atoms with van der Waals surface area (Å²) in [7, 11) is 0. The smallest absolute Gasteiger partial charge is 0.410 e. The number of aliphatic carboxylic acids is 1. The summed E-state index contributed by atoms with van der Waals surface area (Å²) in [6.07, 6.45) is 3.59. The molecule has 2 atom stereocenters. The number of aryl methyl sites for hydroxylation is 1. The molecule has 0 fully saturated rings. The largest absolute Gasteiger partial charge is 0.478 e. The molecule has 0 radical (unpaired) electrons. The fourth-order valence-electron chi connectivity index (χ4n) is 4.81. The van der Waals surface area contributed by atoms with Gasteiger partial charge < -0.3 is 19.8 Å². The first-order valence-electron chi connectivity index (χ1n) is 13.0. The molecule has 4 rings (SSSR count). The number of hydrogen-bond donors (Lipinski definition) is 2. The van der Waals surface area contributed by atoms with Gasteiger partial charge in [0.1, 0.15) is 5.60 Å². The number of aliphatic hydroxyl groups is 1. The Hall–Kier alpha value is -3.61. The van der Waals surface area contributed by atoms with Crippen molar-refractivity contribution in [3.05, 3.63) is 100 Å². The lowest BCUT2D eigenvalue weighted by Crippen LogP contribution is -2.47. The Morgan fingerprint density at radius 1 is 1.03 bits per heavy atom. The Morgan fingerprint density at radius 3 is 2.33 bits per heavy atom. The van der Waals surface area contributed by atoms with E-state index in [1.165, 1.54) is 5.56 Å². The van der Waals surface area contributed by atoms with Gasteiger partial charge in [-0.1, -0.05) is 66.2 Å². The molecule has 7 heteroatoms. The second-order valence-electron chi connectivity index (χ2n) is 10.9. The number of benzene rings is 3. The van der Waals surface area contributed by atoms with Crippen LogP contribution in [0.25, 0.3) is 17.2 Å². The molecule has 0 saturated heterocycles. The molecule has 204 valence electrons. The first-order valence-corrected chi connectivity index (χ1v) is 13.4. The zero-order chi connectivity index (χ0) is 28.2. The normalized spacial score (nSPS) is 16.0. The van der Waals surface area contributed by atoms with E-state index in [-0.39, 0.29) is 12.6 Å². The minimum Gasteiger partial charge on any atom is -0.478 e. The van der Waals surface area contributed by atoms with E-state index in [0.717, 1.165) is 41.2 Å². The second-order valence-corrected chi connectivity index (χ2v) is 11.3. The average Bonchev–Trinajstić information content (AvgIpc) is 2.89. The van der Waals surface area contributed by atoms with E-state index in [1.54, 1.807) is 35.2 Å². The van der Waals surface area contributed by atoms with Gasteiger partial charge in [-0.15, -0.1) is 0 Å². The van der Waals surface area contributed by atoms with Gasteiger partial charge in [-0.2, -0.15) is 0 Å². The van der Waals surface area contributed by atoms with Crippen LogP contribution in [0.15, 0.2) is 72.8 Å². The molecule has 0 spiro atoms. The maximum atomic E-state index is 13.3. The van der Waals surface area contributed by atoms with Gasteiger partial charge in [0, 0.05) is 17.1 Å². The Bertz CT molecular complexity index is 1340. The molecular weight excluding hydrogens is 514 g/mol. The maximum absolute atomic E-state index is 13.3. The summed E-state index contributed by atoms with van der Waals surface area (Å²) in [6, 6.07) is 21.0. The van der Waals surface area contributed by atoms with Crippen molar-refractivity contribution in [2.45, 2.75) is 57.8 Å². The van der Waals surface area contributed by atoms with Crippen molar-refractivity contribution in [3.8, 4) is 11.1 Å². The van der Waals surface area contributed by atoms with Gasteiger partial charge in [0.25, 0.3) is 0 Å². The number of aliphatic hydroxyl groups excluding tert-OH is 1. The van der Waals surface area contributed by atoms with Crippen LogP contribution in [0.1, 0.15) is 55.5 Å². The van der Waals surface area contributed by atoms with Crippen molar-refractivity contribution in [3.63, 3.8) is 0 Å². The van der Waals surface area contributed by atoms with E-state index in [4.69, 9.17) is 21.4 Å². The molecule has 39 heavy (non-hydrogen) atoms. The Labute approximate surface area is 234 Å². The molecule has 3 aromatic carbocycles. The van der Waals surface area contributed by atoms with Crippen molar-refractivity contribution in [1.82, 2.24) is 4.90 Å². The number of rotatable bonds is 7. The number of amides is 1. The molecule has 1 aliphatic rings. The van der Waals surface area contributed by atoms with Crippen molar-refractivity contribution in [2.75, 3.05) is 6.54 Å². The molecule has 1 amide bonds. The van der Waals surface area contributed by atoms with Crippen molar-refractivity contribution in [1.29, 1.82) is 0 Å². The minimum absolute atomic E-state index is 0.113. The third-order valence-corrected chi connectivity index (χ3v) is 7.02. The Balaban J connectivity index is 1.56. The van der Waals surface area contributed by atoms with Gasteiger partial charge in [0.2, 0.25) is 0 Å². The molecule has 0 aliphatic heterocycles. The van der Waals surface area contributed by atoms with E-state index >= 15 is 0 Å². The van der Waals surface area contributed by atoms with E-state index in [2.05, 4.69) is 18.2 Å². The summed E-state index contributed by atoms with van der Waals surface area (Å²) in [5.74, 6) is -0.982. The Morgan fingerprint density at radius 2 is 1.69 bits per heavy atom. The minimum atomic E-state index is -0.982. The highest BCUT2D eigenvalue weighted by molar-refractivity contribution is 6.30. The molecule has 1 aliphatic carbocycles. The summed E-state index contributed by atoms with van der Waals surface area (Å²) >= 11 is 6.01. The highest BCUT2D eigenvalue weighted by atomic mass is 35.5. The molecule has 0 saturated carbocycles. The predicted molar refractivity (Wildman–Crippen MR) is 154 cm³/mol. The van der Waals surface area contributed by atoms with E-state index in [9.17, 15) is 14.7 Å². The molecule has 0 bridgehead atoms. The number of hydrogen-bond acceptors (Lipinski definition) is 4. The third kappa shape index (κ3) is 7.71. The lowest BCUT2D eigenvalue weighted by atomic mass is 9.85. The summed E-state index contributed by atoms with van der Waals surface area (Å²) in [5, 5.41) is 20.4. The van der Waals surface area contributed by atoms with Crippen LogP contribution in [0.4, 0.5) is 4.79 Å². The highest BCUT2D eigenvalue weighted by Crippen LogP contribution is 2.31. The van der Waals surface area contributed by atoms with Crippen LogP contribution in [-0.2, 0) is 22.4 Å². The van der Waals surface area contributed by atoms with E-state index in [1.807, 2.05) is 45.0 Å². The maximum Gasteiger partial charge on any atom is 0.410 e. The number of carbonyl (C=O) groups excluding carboxylic acids is 1. The van der Waals surface area contributed by atoms with Crippen molar-refractivity contribution in [2.24, 2.45) is 0 Å². The highest BCUT2D eigenvalue weighted by Gasteiger charge is 2.33. The number of fused-ring (bicyclic) bond motifs is 1. The molecule has 6 nitrogen and oxygen atoms in total. The van der Waals surface area contributed by atoms with E-state index in [0.29, 0.717) is 17.0 Å². The predicted octanol–water partition coefficient (Wildman–Crippen LogP) is 6.93. The zero-order valence-electron chi connectivity index (χ0n) is 22.4. The van der Waals surface area contributed by atoms with Crippen LogP contribution in [-0.4, -0.2) is 45.4 Å². The molecule has 0 heterocycles. The van der Waals surface area contributed by atoms with Gasteiger partial charge in [-0.05, 0) is 91.6 Å². The summed E-state index contributed by atoms with van der Waals surface area (Å²) in [6.45, 7) is 5.62. The number of carboxylic acids is 1. The van der Waals surface area contributed by atoms with Crippen LogP contribution >= 0.6 is 11.6 Å². The monoisotopic (exact) mass is 547 g/mol. The number of nitrogens with zero attached hydrogens (tertiary/aromatic N) is 1. The third-order valence-electron chi connectivity index (χ3n) is 6.76. The fraction of sp³-hybridized carbons (Fsp3) is 0.312. The average molecular weight is 548 g/mol. The lowest BCUT2D eigenvalue weighted by molar-refractivity contribution is -0.131. The molecule has 3 aromatic rings. The van der Waals surface area contributed by atoms with Gasteiger partial charge in [-0.25, -0.2) is 9.59 Å². The summed E-state index contributed by atoms with van der Waals surface area (Å²) < 4.78 is 5.75. The van der Waals surface area contributed by atoms with Gasteiger partial charge in [0.05, 0.1) is 12.6 Å². The SMILES string of the molecule is CC(C)(C)OC(=O)N(C[C@H](O)c1ccc(Cl)cc1)[C@H]1CCc2ccc(-c3ccc(/C=C/C(=O)O)cc3)cc2C1. The zero-order valence-corrected chi connectivity index (χ0v) is 23.2.